The zero-order valence-electron chi connectivity index (χ0n) is 7.71. The minimum Gasteiger partial charge on any atom is -0.356 e. The topological polar surface area (TPSA) is 78.6 Å². The molecular formula is C7H13N3O3. The molecule has 0 spiro atoms. The number of nitrogens with zero attached hydrogens (tertiary/aromatic N) is 3. The Kier molecular flexibility index (Phi) is 4.68. The Bertz CT molecular complexity index is 203. The van der Waals surface area contributed by atoms with Gasteiger partial charge >= 0.3 is 0 Å². The number of quaternary nitrogens is 1. The summed E-state index contributed by atoms with van der Waals surface area (Å²) >= 11 is 0. The molecule has 0 N–H and O–H groups in total. The van der Waals surface area contributed by atoms with E-state index in [0.29, 0.717) is 0 Å². The molecule has 13 heavy (non-hydrogen) atoms. The number of aliphatic imine (C=N–C) groups is 1. The van der Waals surface area contributed by atoms with Gasteiger partial charge in [-0.1, -0.05) is 0 Å². The van der Waals surface area contributed by atoms with E-state index in [-0.39, 0.29) is 0 Å². The summed E-state index contributed by atoms with van der Waals surface area (Å²) in [6.45, 7) is 6.56. The van der Waals surface area contributed by atoms with E-state index in [9.17, 15) is 0 Å². The van der Waals surface area contributed by atoms with E-state index in [1.54, 1.807) is 0 Å². The van der Waals surface area contributed by atoms with Crippen LogP contribution in [0.25, 0.3) is 0 Å². The van der Waals surface area contributed by atoms with Crippen molar-refractivity contribution >= 4 is 6.34 Å². The standard InChI is InChI=1S/C7H13N2.NO3/c1-3-9(4-2)6-5-8-7-9;2-1(3)4/h5-7H,3-4H2,1-2H3;/q+1;-1. The van der Waals surface area contributed by atoms with Gasteiger partial charge in [-0.25, -0.2) is 4.99 Å². The fraction of sp³-hybridized carbons (Fsp3) is 0.571. The highest BCUT2D eigenvalue weighted by molar-refractivity contribution is 5.50. The van der Waals surface area contributed by atoms with Gasteiger partial charge in [-0.3, -0.25) is 4.48 Å². The normalized spacial score (nSPS) is 16.5. The van der Waals surface area contributed by atoms with Crippen LogP contribution < -0.4 is 0 Å². The molecule has 0 saturated carbocycles. The van der Waals surface area contributed by atoms with Crippen molar-refractivity contribution in [1.29, 1.82) is 0 Å². The SMILES string of the molecule is CC[N+]1(CC)C=CN=C1.O=[N+]([O-])[O-]. The molecule has 0 saturated heterocycles. The predicted octanol–water partition coefficient (Wildman–Crippen LogP) is 1.12. The number of hydrogen-bond acceptors (Lipinski definition) is 4. The van der Waals surface area contributed by atoms with E-state index in [1.165, 1.54) is 0 Å². The van der Waals surface area contributed by atoms with Crippen molar-refractivity contribution in [3.05, 3.63) is 27.7 Å². The number of rotatable bonds is 2. The van der Waals surface area contributed by atoms with E-state index >= 15 is 0 Å². The van der Waals surface area contributed by atoms with Crippen molar-refractivity contribution < 1.29 is 9.57 Å². The molecule has 1 heterocycles. The maximum absolute atomic E-state index is 8.25. The lowest BCUT2D eigenvalue weighted by Gasteiger charge is -2.23. The van der Waals surface area contributed by atoms with Gasteiger partial charge in [0, 0.05) is 0 Å². The summed E-state index contributed by atoms with van der Waals surface area (Å²) in [7, 11) is 0. The second-order valence-corrected chi connectivity index (χ2v) is 2.52. The third-order valence-corrected chi connectivity index (χ3v) is 1.92. The summed E-state index contributed by atoms with van der Waals surface area (Å²) in [5.41, 5.74) is 0. The average molecular weight is 187 g/mol. The van der Waals surface area contributed by atoms with E-state index < -0.39 is 5.09 Å². The second kappa shape index (κ2) is 5.26. The maximum Gasteiger partial charge on any atom is 0.194 e. The first-order valence-corrected chi connectivity index (χ1v) is 3.96. The summed E-state index contributed by atoms with van der Waals surface area (Å²) in [6, 6.07) is 0. The van der Waals surface area contributed by atoms with Gasteiger partial charge in [0.2, 0.25) is 0 Å². The minimum absolute atomic E-state index is 0.917. The maximum atomic E-state index is 8.25. The summed E-state index contributed by atoms with van der Waals surface area (Å²) in [4.78, 5) is 12.3. The van der Waals surface area contributed by atoms with Crippen molar-refractivity contribution in [2.75, 3.05) is 13.1 Å². The Morgan fingerprint density at radius 3 is 2.00 bits per heavy atom. The van der Waals surface area contributed by atoms with Crippen LogP contribution in [-0.4, -0.2) is 29.0 Å². The minimum atomic E-state index is -1.75. The summed E-state index contributed by atoms with van der Waals surface area (Å²) < 4.78 is 0.917. The van der Waals surface area contributed by atoms with Crippen LogP contribution in [0, 0.1) is 15.3 Å². The van der Waals surface area contributed by atoms with Crippen LogP contribution in [0.1, 0.15) is 13.8 Å². The Balaban J connectivity index is 0.000000310. The second-order valence-electron chi connectivity index (χ2n) is 2.52. The molecule has 1 aliphatic rings. The Morgan fingerprint density at radius 1 is 1.38 bits per heavy atom. The van der Waals surface area contributed by atoms with Crippen LogP contribution in [-0.2, 0) is 0 Å². The lowest BCUT2D eigenvalue weighted by Crippen LogP contribution is -2.38. The van der Waals surface area contributed by atoms with Gasteiger partial charge < -0.3 is 15.3 Å². The molecule has 74 valence electrons. The molecular weight excluding hydrogens is 174 g/mol. The lowest BCUT2D eigenvalue weighted by molar-refractivity contribution is -0.774. The number of hydrogen-bond donors (Lipinski definition) is 0. The zero-order chi connectivity index (χ0) is 10.3. The molecule has 0 atom stereocenters. The van der Waals surface area contributed by atoms with Gasteiger partial charge in [-0.05, 0) is 13.8 Å². The van der Waals surface area contributed by atoms with Crippen molar-refractivity contribution in [3.63, 3.8) is 0 Å². The van der Waals surface area contributed by atoms with Crippen LogP contribution >= 0.6 is 0 Å². The quantitative estimate of drug-likeness (QED) is 0.369. The van der Waals surface area contributed by atoms with Crippen LogP contribution in [0.3, 0.4) is 0 Å². The van der Waals surface area contributed by atoms with Gasteiger partial charge in [0.25, 0.3) is 0 Å². The summed E-state index contributed by atoms with van der Waals surface area (Å²) in [6.07, 6.45) is 5.98. The molecule has 0 aliphatic carbocycles. The van der Waals surface area contributed by atoms with Crippen LogP contribution in [0.2, 0.25) is 0 Å². The molecule has 0 bridgehead atoms. The summed E-state index contributed by atoms with van der Waals surface area (Å²) in [5, 5.41) is 14.8. The molecule has 0 radical (unpaired) electrons. The van der Waals surface area contributed by atoms with Gasteiger partial charge in [-0.2, -0.15) is 0 Å². The zero-order valence-corrected chi connectivity index (χ0v) is 7.71. The van der Waals surface area contributed by atoms with Crippen molar-refractivity contribution in [2.24, 2.45) is 4.99 Å². The highest BCUT2D eigenvalue weighted by Gasteiger charge is 2.19. The first-order valence-electron chi connectivity index (χ1n) is 3.96. The largest absolute Gasteiger partial charge is 0.356 e. The van der Waals surface area contributed by atoms with Crippen molar-refractivity contribution in [1.82, 2.24) is 0 Å². The highest BCUT2D eigenvalue weighted by atomic mass is 16.9. The van der Waals surface area contributed by atoms with E-state index in [2.05, 4.69) is 25.0 Å². The summed E-state index contributed by atoms with van der Waals surface area (Å²) in [5.74, 6) is 0. The van der Waals surface area contributed by atoms with Crippen LogP contribution in [0.4, 0.5) is 0 Å². The first kappa shape index (κ1) is 11.6. The van der Waals surface area contributed by atoms with E-state index in [4.69, 9.17) is 15.3 Å². The van der Waals surface area contributed by atoms with Gasteiger partial charge in [0.05, 0.1) is 24.4 Å². The molecule has 0 fully saturated rings. The molecule has 1 rings (SSSR count). The van der Waals surface area contributed by atoms with Gasteiger partial charge in [-0.15, -0.1) is 0 Å². The van der Waals surface area contributed by atoms with Gasteiger partial charge in [0.15, 0.2) is 6.34 Å². The third kappa shape index (κ3) is 4.22. The fourth-order valence-corrected chi connectivity index (χ4v) is 0.979. The molecule has 6 nitrogen and oxygen atoms in total. The smallest absolute Gasteiger partial charge is 0.194 e. The van der Waals surface area contributed by atoms with Crippen molar-refractivity contribution in [3.8, 4) is 0 Å². The lowest BCUT2D eigenvalue weighted by atomic mass is 10.4. The van der Waals surface area contributed by atoms with Crippen LogP contribution in [0.5, 0.6) is 0 Å². The Morgan fingerprint density at radius 2 is 1.85 bits per heavy atom. The Hall–Kier alpha value is -1.43. The highest BCUT2D eigenvalue weighted by Crippen LogP contribution is 2.08. The first-order chi connectivity index (χ1) is 6.06. The third-order valence-electron chi connectivity index (χ3n) is 1.92. The van der Waals surface area contributed by atoms with Gasteiger partial charge in [0.1, 0.15) is 6.20 Å². The molecule has 6 heteroatoms. The molecule has 1 aliphatic heterocycles. The fourth-order valence-electron chi connectivity index (χ4n) is 0.979. The van der Waals surface area contributed by atoms with E-state index in [1.807, 2.05) is 12.5 Å². The van der Waals surface area contributed by atoms with Crippen molar-refractivity contribution in [2.45, 2.75) is 13.8 Å². The monoisotopic (exact) mass is 187 g/mol. The van der Waals surface area contributed by atoms with Crippen LogP contribution in [0.15, 0.2) is 17.4 Å². The molecule has 0 aromatic rings. The Labute approximate surface area is 76.5 Å². The molecule has 0 unspecified atom stereocenters. The average Bonchev–Trinajstić information content (AvgIpc) is 2.52. The molecule has 0 aromatic heterocycles. The van der Waals surface area contributed by atoms with E-state index in [0.717, 1.165) is 17.6 Å². The molecule has 0 amide bonds. The molecule has 0 aromatic carbocycles. The predicted molar refractivity (Wildman–Crippen MR) is 49.3 cm³/mol.